The summed E-state index contributed by atoms with van der Waals surface area (Å²) >= 11 is 0. The summed E-state index contributed by atoms with van der Waals surface area (Å²) < 4.78 is 1.60. The van der Waals surface area contributed by atoms with Crippen molar-refractivity contribution in [3.8, 4) is 0 Å². The molecule has 2 rings (SSSR count). The Balaban J connectivity index is 1.94. The molecule has 1 fully saturated rings. The van der Waals surface area contributed by atoms with Crippen LogP contribution >= 0.6 is 0 Å². The Hall–Kier alpha value is -1.92. The molecule has 1 saturated heterocycles. The average molecular weight is 280 g/mol. The largest absolute Gasteiger partial charge is 0.481 e. The number of likely N-dealkylation sites (tertiary alicyclic amines) is 1. The van der Waals surface area contributed by atoms with E-state index >= 15 is 0 Å². The Kier molecular flexibility index (Phi) is 4.36. The number of nitrogens with zero attached hydrogens (tertiary/aromatic N) is 4. The molecule has 0 aliphatic carbocycles. The first-order valence-electron chi connectivity index (χ1n) is 6.93. The first-order valence-corrected chi connectivity index (χ1v) is 6.93. The van der Waals surface area contributed by atoms with Gasteiger partial charge in [-0.25, -0.2) is 0 Å². The van der Waals surface area contributed by atoms with Gasteiger partial charge in [0.15, 0.2) is 0 Å². The van der Waals surface area contributed by atoms with E-state index in [9.17, 15) is 14.7 Å². The van der Waals surface area contributed by atoms with Gasteiger partial charge in [0.05, 0.1) is 18.2 Å². The van der Waals surface area contributed by atoms with Crippen LogP contribution in [0.2, 0.25) is 0 Å². The monoisotopic (exact) mass is 280 g/mol. The van der Waals surface area contributed by atoms with E-state index in [4.69, 9.17) is 0 Å². The van der Waals surface area contributed by atoms with Gasteiger partial charge >= 0.3 is 5.97 Å². The highest BCUT2D eigenvalue weighted by Crippen LogP contribution is 2.33. The molecule has 1 aliphatic rings. The van der Waals surface area contributed by atoms with Crippen LogP contribution in [0.1, 0.15) is 32.6 Å². The molecule has 1 atom stereocenters. The SMILES string of the molecule is CCC1(C(=O)O)CCCN(C(=O)CCn2ccnn2)C1. The maximum atomic E-state index is 12.2. The van der Waals surface area contributed by atoms with E-state index in [1.54, 1.807) is 22.0 Å². The van der Waals surface area contributed by atoms with Gasteiger partial charge in [-0.2, -0.15) is 0 Å². The van der Waals surface area contributed by atoms with Crippen molar-refractivity contribution < 1.29 is 14.7 Å². The highest BCUT2D eigenvalue weighted by molar-refractivity contribution is 5.79. The highest BCUT2D eigenvalue weighted by atomic mass is 16.4. The molecule has 1 aliphatic heterocycles. The molecular weight excluding hydrogens is 260 g/mol. The van der Waals surface area contributed by atoms with E-state index in [1.165, 1.54) is 0 Å². The van der Waals surface area contributed by atoms with Crippen molar-refractivity contribution in [1.29, 1.82) is 0 Å². The van der Waals surface area contributed by atoms with Gasteiger partial charge in [-0.05, 0) is 19.3 Å². The molecule has 20 heavy (non-hydrogen) atoms. The smallest absolute Gasteiger partial charge is 0.311 e. The molecule has 0 bridgehead atoms. The van der Waals surface area contributed by atoms with Crippen molar-refractivity contribution in [3.05, 3.63) is 12.4 Å². The summed E-state index contributed by atoms with van der Waals surface area (Å²) in [6.07, 6.45) is 5.54. The van der Waals surface area contributed by atoms with Gasteiger partial charge in [0.25, 0.3) is 0 Å². The standard InChI is InChI=1S/C13H20N4O3/c1-2-13(12(19)20)5-3-7-16(10-13)11(18)4-8-17-9-6-14-15-17/h6,9H,2-5,7-8,10H2,1H3,(H,19,20). The summed E-state index contributed by atoms with van der Waals surface area (Å²) in [6, 6.07) is 0. The number of carboxylic acid groups (broad SMARTS) is 1. The van der Waals surface area contributed by atoms with Crippen LogP contribution in [0.3, 0.4) is 0 Å². The lowest BCUT2D eigenvalue weighted by atomic mass is 9.77. The number of carboxylic acids is 1. The van der Waals surface area contributed by atoms with Crippen LogP contribution in [0.15, 0.2) is 12.4 Å². The van der Waals surface area contributed by atoms with E-state index in [-0.39, 0.29) is 5.91 Å². The van der Waals surface area contributed by atoms with Crippen molar-refractivity contribution in [2.75, 3.05) is 13.1 Å². The number of amides is 1. The molecule has 7 heteroatoms. The molecule has 110 valence electrons. The van der Waals surface area contributed by atoms with Crippen molar-refractivity contribution >= 4 is 11.9 Å². The first-order chi connectivity index (χ1) is 9.57. The van der Waals surface area contributed by atoms with E-state index in [0.29, 0.717) is 38.9 Å². The lowest BCUT2D eigenvalue weighted by molar-refractivity contribution is -0.155. The molecule has 0 aromatic carbocycles. The Bertz CT molecular complexity index is 474. The van der Waals surface area contributed by atoms with Gasteiger partial charge in [-0.15, -0.1) is 5.10 Å². The summed E-state index contributed by atoms with van der Waals surface area (Å²) in [6.45, 7) is 3.30. The summed E-state index contributed by atoms with van der Waals surface area (Å²) in [4.78, 5) is 25.3. The second kappa shape index (κ2) is 6.02. The highest BCUT2D eigenvalue weighted by Gasteiger charge is 2.41. The molecule has 1 N–H and O–H groups in total. The van der Waals surface area contributed by atoms with Gasteiger partial charge in [-0.3, -0.25) is 14.3 Å². The third kappa shape index (κ3) is 2.97. The normalized spacial score (nSPS) is 22.8. The number of piperidine rings is 1. The molecule has 2 heterocycles. The molecule has 7 nitrogen and oxygen atoms in total. The molecule has 0 saturated carbocycles. The van der Waals surface area contributed by atoms with Crippen LogP contribution in [0.5, 0.6) is 0 Å². The Morgan fingerprint density at radius 2 is 2.25 bits per heavy atom. The fourth-order valence-corrected chi connectivity index (χ4v) is 2.68. The zero-order chi connectivity index (χ0) is 14.6. The number of aliphatic carboxylic acids is 1. The van der Waals surface area contributed by atoms with E-state index in [2.05, 4.69) is 10.3 Å². The minimum Gasteiger partial charge on any atom is -0.481 e. The lowest BCUT2D eigenvalue weighted by Crippen LogP contribution is -2.49. The number of hydrogen-bond donors (Lipinski definition) is 1. The van der Waals surface area contributed by atoms with Crippen LogP contribution in [0.4, 0.5) is 0 Å². The fourth-order valence-electron chi connectivity index (χ4n) is 2.68. The number of rotatable bonds is 5. The number of hydrogen-bond acceptors (Lipinski definition) is 4. The molecule has 1 aromatic rings. The minimum atomic E-state index is -0.797. The molecular formula is C13H20N4O3. The quantitative estimate of drug-likeness (QED) is 0.860. The molecule has 1 amide bonds. The maximum absolute atomic E-state index is 12.2. The van der Waals surface area contributed by atoms with Gasteiger partial charge in [-0.1, -0.05) is 12.1 Å². The number of carbonyl (C=O) groups is 2. The zero-order valence-electron chi connectivity index (χ0n) is 11.7. The summed E-state index contributed by atoms with van der Waals surface area (Å²) in [5.74, 6) is -0.812. The maximum Gasteiger partial charge on any atom is 0.311 e. The van der Waals surface area contributed by atoms with Crippen molar-refractivity contribution in [3.63, 3.8) is 0 Å². The third-order valence-electron chi connectivity index (χ3n) is 4.09. The fraction of sp³-hybridized carbons (Fsp3) is 0.692. The van der Waals surface area contributed by atoms with Gasteiger partial charge in [0.1, 0.15) is 0 Å². The van der Waals surface area contributed by atoms with Crippen LogP contribution < -0.4 is 0 Å². The van der Waals surface area contributed by atoms with Crippen LogP contribution in [0, 0.1) is 5.41 Å². The van der Waals surface area contributed by atoms with Crippen LogP contribution in [0.25, 0.3) is 0 Å². The Labute approximate surface area is 117 Å². The molecule has 0 radical (unpaired) electrons. The second-order valence-electron chi connectivity index (χ2n) is 5.27. The predicted octanol–water partition coefficient (Wildman–Crippen LogP) is 0.772. The summed E-state index contributed by atoms with van der Waals surface area (Å²) in [7, 11) is 0. The van der Waals surface area contributed by atoms with E-state index in [0.717, 1.165) is 6.42 Å². The first kappa shape index (κ1) is 14.5. The van der Waals surface area contributed by atoms with Crippen molar-refractivity contribution in [2.45, 2.75) is 39.2 Å². The average Bonchev–Trinajstić information content (AvgIpc) is 2.97. The number of aryl methyl sites for hydroxylation is 1. The summed E-state index contributed by atoms with van der Waals surface area (Å²) in [5.41, 5.74) is -0.777. The van der Waals surface area contributed by atoms with E-state index < -0.39 is 11.4 Å². The lowest BCUT2D eigenvalue weighted by Gasteiger charge is -2.39. The van der Waals surface area contributed by atoms with Crippen LogP contribution in [-0.4, -0.2) is 50.0 Å². The second-order valence-corrected chi connectivity index (χ2v) is 5.27. The molecule has 0 spiro atoms. The zero-order valence-corrected chi connectivity index (χ0v) is 11.7. The van der Waals surface area contributed by atoms with E-state index in [1.807, 2.05) is 6.92 Å². The minimum absolute atomic E-state index is 0.0146. The van der Waals surface area contributed by atoms with Gasteiger partial charge in [0, 0.05) is 25.7 Å². The molecule has 1 unspecified atom stereocenters. The Morgan fingerprint density at radius 1 is 1.45 bits per heavy atom. The van der Waals surface area contributed by atoms with Crippen molar-refractivity contribution in [1.82, 2.24) is 19.9 Å². The molecule has 1 aromatic heterocycles. The third-order valence-corrected chi connectivity index (χ3v) is 4.09. The topological polar surface area (TPSA) is 88.3 Å². The number of aromatic nitrogens is 3. The van der Waals surface area contributed by atoms with Gasteiger partial charge < -0.3 is 10.0 Å². The number of carbonyl (C=O) groups excluding carboxylic acids is 1. The van der Waals surface area contributed by atoms with Crippen LogP contribution in [-0.2, 0) is 16.1 Å². The predicted molar refractivity (Wildman–Crippen MR) is 70.8 cm³/mol. The van der Waals surface area contributed by atoms with Gasteiger partial charge in [0.2, 0.25) is 5.91 Å². The van der Waals surface area contributed by atoms with Crippen molar-refractivity contribution in [2.24, 2.45) is 5.41 Å². The Morgan fingerprint density at radius 3 is 2.85 bits per heavy atom. The summed E-state index contributed by atoms with van der Waals surface area (Å²) in [5, 5.41) is 16.9.